The maximum Gasteiger partial charge on any atom is 0.268 e. The SMILES string of the molecule is CC/C=C\C/C=C\C/C=C\C/C=C\CCCCCCCCCCCCCCCCCCCCCCCCC(=O)NC(COP(=O)([O-])OCC[N+](C)(C)C)C(O)/C=C/CCCCCCCCCCCCCCCCCCCCCCCCCCCCCCC. The van der Waals surface area contributed by atoms with E-state index < -0.39 is 20.0 Å². The van der Waals surface area contributed by atoms with Crippen LogP contribution in [-0.4, -0.2) is 68.5 Å². The minimum absolute atomic E-state index is 0.000333. The maximum atomic E-state index is 13.1. The topological polar surface area (TPSA) is 108 Å². The van der Waals surface area contributed by atoms with Gasteiger partial charge in [-0.3, -0.25) is 9.36 Å². The van der Waals surface area contributed by atoms with E-state index in [1.54, 1.807) is 6.08 Å². The Morgan fingerprint density at radius 3 is 1.01 bits per heavy atom. The molecule has 3 unspecified atom stereocenters. The summed E-state index contributed by atoms with van der Waals surface area (Å²) in [4.78, 5) is 25.7. The highest BCUT2D eigenvalue weighted by atomic mass is 31.2. The largest absolute Gasteiger partial charge is 0.756 e. The Morgan fingerprint density at radius 1 is 0.409 bits per heavy atom. The van der Waals surface area contributed by atoms with Gasteiger partial charge in [0, 0.05) is 6.42 Å². The highest BCUT2D eigenvalue weighted by Gasteiger charge is 2.23. The van der Waals surface area contributed by atoms with Crippen LogP contribution in [0, 0.1) is 0 Å². The fraction of sp³-hybridized carbons (Fsp3) is 0.861. The van der Waals surface area contributed by atoms with Crippen LogP contribution in [0.15, 0.2) is 60.8 Å². The van der Waals surface area contributed by atoms with Gasteiger partial charge in [-0.25, -0.2) is 0 Å². The van der Waals surface area contributed by atoms with Crippen molar-refractivity contribution in [3.63, 3.8) is 0 Å². The molecular weight excluding hydrogens is 1100 g/mol. The zero-order chi connectivity index (χ0) is 64.1. The molecule has 8 nitrogen and oxygen atoms in total. The number of hydrogen-bond acceptors (Lipinski definition) is 6. The first-order valence-electron chi connectivity index (χ1n) is 38.7. The summed E-state index contributed by atoms with van der Waals surface area (Å²) in [7, 11) is 1.28. The number of aliphatic hydroxyl groups is 1. The third-order valence-corrected chi connectivity index (χ3v) is 18.7. The lowest BCUT2D eigenvalue weighted by Crippen LogP contribution is -2.45. The molecule has 9 heteroatoms. The summed E-state index contributed by atoms with van der Waals surface area (Å²) in [6, 6.07) is -0.888. The number of allylic oxidation sites excluding steroid dienone is 9. The standard InChI is InChI=1S/C79H151N2O6P/c1-6-8-10-12-14-16-18-20-22-24-26-28-30-32-34-36-38-39-40-41-43-45-47-49-51-53-55-57-59-61-63-65-67-69-71-73-79(83)80-77(76-87-88(84,85)86-75-74-81(3,4)5)78(82)72-70-68-66-64-62-60-58-56-54-52-50-48-46-44-42-37-35-33-31-29-27-25-23-21-19-17-15-13-11-9-7-2/h8,10,14,16,20,22,26,28,70,72,77-78,82H,6-7,9,11-13,15,17-19,21,23-25,27,29-69,71,73-76H2,1-5H3,(H-,80,83,84,85)/b10-8-,16-14-,22-20-,28-26-,72-70+. The molecule has 0 aliphatic heterocycles. The summed E-state index contributed by atoms with van der Waals surface area (Å²) in [5, 5.41) is 14.0. The van der Waals surface area contributed by atoms with Crippen LogP contribution < -0.4 is 10.2 Å². The quantitative estimate of drug-likeness (QED) is 0.0272. The van der Waals surface area contributed by atoms with Gasteiger partial charge in [0.15, 0.2) is 0 Å². The van der Waals surface area contributed by atoms with E-state index in [0.29, 0.717) is 17.4 Å². The second-order valence-electron chi connectivity index (χ2n) is 27.7. The molecule has 0 heterocycles. The molecule has 0 saturated carbocycles. The van der Waals surface area contributed by atoms with Crippen molar-refractivity contribution in [1.29, 1.82) is 0 Å². The van der Waals surface area contributed by atoms with Crippen LogP contribution in [0.4, 0.5) is 0 Å². The number of unbranched alkanes of at least 4 members (excludes halogenated alkanes) is 51. The van der Waals surface area contributed by atoms with Gasteiger partial charge in [-0.1, -0.05) is 383 Å². The minimum Gasteiger partial charge on any atom is -0.756 e. The average molecular weight is 1260 g/mol. The van der Waals surface area contributed by atoms with Crippen LogP contribution >= 0.6 is 7.82 Å². The number of phosphoric acid groups is 1. The minimum atomic E-state index is -4.61. The van der Waals surface area contributed by atoms with Gasteiger partial charge in [0.05, 0.1) is 39.9 Å². The molecule has 3 atom stereocenters. The van der Waals surface area contributed by atoms with E-state index in [-0.39, 0.29) is 19.1 Å². The summed E-state index contributed by atoms with van der Waals surface area (Å²) in [5.41, 5.74) is 0. The second kappa shape index (κ2) is 69.5. The lowest BCUT2D eigenvalue weighted by Gasteiger charge is -2.29. The normalized spacial score (nSPS) is 13.9. The van der Waals surface area contributed by atoms with Crippen molar-refractivity contribution >= 4 is 13.7 Å². The molecule has 2 N–H and O–H groups in total. The summed E-state index contributed by atoms with van der Waals surface area (Å²) in [6.07, 6.45) is 96.6. The van der Waals surface area contributed by atoms with E-state index in [0.717, 1.165) is 64.2 Å². The summed E-state index contributed by atoms with van der Waals surface area (Å²) in [6.45, 7) is 4.60. The molecule has 0 aromatic heterocycles. The van der Waals surface area contributed by atoms with Gasteiger partial charge in [-0.15, -0.1) is 0 Å². The first-order chi connectivity index (χ1) is 43.0. The molecule has 1 amide bonds. The van der Waals surface area contributed by atoms with E-state index in [2.05, 4.69) is 67.8 Å². The Hall–Kier alpha value is -1.80. The van der Waals surface area contributed by atoms with Gasteiger partial charge < -0.3 is 28.8 Å². The molecule has 88 heavy (non-hydrogen) atoms. The van der Waals surface area contributed by atoms with E-state index in [1.165, 1.54) is 302 Å². The highest BCUT2D eigenvalue weighted by Crippen LogP contribution is 2.38. The molecule has 0 rings (SSSR count). The van der Waals surface area contributed by atoms with Crippen LogP contribution in [-0.2, 0) is 18.4 Å². The Balaban J connectivity index is 3.97. The van der Waals surface area contributed by atoms with Gasteiger partial charge in [0.2, 0.25) is 5.91 Å². The third-order valence-electron chi connectivity index (χ3n) is 17.7. The third kappa shape index (κ3) is 71.6. The number of quaternary nitrogens is 1. The summed E-state index contributed by atoms with van der Waals surface area (Å²) < 4.78 is 23.5. The second-order valence-corrected chi connectivity index (χ2v) is 29.1. The number of rotatable bonds is 72. The Labute approximate surface area is 549 Å². The smallest absolute Gasteiger partial charge is 0.268 e. The van der Waals surface area contributed by atoms with Crippen molar-refractivity contribution in [2.24, 2.45) is 0 Å². The molecule has 0 aliphatic carbocycles. The molecule has 0 spiro atoms. The van der Waals surface area contributed by atoms with Gasteiger partial charge in [0.1, 0.15) is 13.2 Å². The zero-order valence-electron chi connectivity index (χ0n) is 59.4. The molecule has 0 aromatic carbocycles. The summed E-state index contributed by atoms with van der Waals surface area (Å²) in [5.74, 6) is -0.190. The Bertz CT molecular complexity index is 1620. The van der Waals surface area contributed by atoms with E-state index in [4.69, 9.17) is 9.05 Å². The van der Waals surface area contributed by atoms with Gasteiger partial charge >= 0.3 is 0 Å². The number of nitrogens with zero attached hydrogens (tertiary/aromatic N) is 1. The fourth-order valence-electron chi connectivity index (χ4n) is 11.8. The zero-order valence-corrected chi connectivity index (χ0v) is 60.3. The van der Waals surface area contributed by atoms with E-state index >= 15 is 0 Å². The molecule has 0 radical (unpaired) electrons. The number of aliphatic hydroxyl groups excluding tert-OH is 1. The number of carbonyl (C=O) groups is 1. The molecule has 518 valence electrons. The Morgan fingerprint density at radius 2 is 0.693 bits per heavy atom. The average Bonchev–Trinajstić information content (AvgIpc) is 3.64. The van der Waals surface area contributed by atoms with Gasteiger partial charge in [-0.05, 0) is 57.8 Å². The van der Waals surface area contributed by atoms with Crippen molar-refractivity contribution < 1.29 is 32.9 Å². The van der Waals surface area contributed by atoms with Crippen molar-refractivity contribution in [2.45, 2.75) is 398 Å². The van der Waals surface area contributed by atoms with Crippen LogP contribution in [0.1, 0.15) is 386 Å². The molecule has 0 fully saturated rings. The Kier molecular flexibility index (Phi) is 68.1. The predicted octanol–water partition coefficient (Wildman–Crippen LogP) is 24.5. The monoisotopic (exact) mass is 1260 g/mol. The van der Waals surface area contributed by atoms with Crippen molar-refractivity contribution in [2.75, 3.05) is 40.9 Å². The van der Waals surface area contributed by atoms with Crippen LogP contribution in [0.2, 0.25) is 0 Å². The highest BCUT2D eigenvalue weighted by molar-refractivity contribution is 7.45. The molecular formula is C79H151N2O6P. The maximum absolute atomic E-state index is 13.1. The molecule has 0 aromatic rings. The molecule has 0 aliphatic rings. The number of likely N-dealkylation sites (N-methyl/N-ethyl adjacent to an activating group) is 1. The van der Waals surface area contributed by atoms with E-state index in [1.807, 2.05) is 27.2 Å². The fourth-order valence-corrected chi connectivity index (χ4v) is 12.5. The van der Waals surface area contributed by atoms with E-state index in [9.17, 15) is 19.4 Å². The first-order valence-corrected chi connectivity index (χ1v) is 40.1. The lowest BCUT2D eigenvalue weighted by molar-refractivity contribution is -0.870. The number of phosphoric ester groups is 1. The van der Waals surface area contributed by atoms with Crippen molar-refractivity contribution in [1.82, 2.24) is 5.32 Å². The van der Waals surface area contributed by atoms with Crippen molar-refractivity contribution in [3.8, 4) is 0 Å². The molecule has 0 bridgehead atoms. The number of carbonyl (C=O) groups excluding carboxylic acids is 1. The lowest BCUT2D eigenvalue weighted by atomic mass is 10.0. The van der Waals surface area contributed by atoms with Crippen LogP contribution in [0.5, 0.6) is 0 Å². The first kappa shape index (κ1) is 86.2. The number of hydrogen-bond donors (Lipinski definition) is 2. The van der Waals surface area contributed by atoms with Gasteiger partial charge in [0.25, 0.3) is 7.82 Å². The van der Waals surface area contributed by atoms with Crippen LogP contribution in [0.25, 0.3) is 0 Å². The van der Waals surface area contributed by atoms with Gasteiger partial charge in [-0.2, -0.15) is 0 Å². The molecule has 0 saturated heterocycles. The number of nitrogens with one attached hydrogen (secondary N) is 1. The van der Waals surface area contributed by atoms with Crippen molar-refractivity contribution in [3.05, 3.63) is 60.8 Å². The number of amides is 1. The predicted molar refractivity (Wildman–Crippen MR) is 385 cm³/mol. The summed E-state index contributed by atoms with van der Waals surface area (Å²) >= 11 is 0. The van der Waals surface area contributed by atoms with Crippen LogP contribution in [0.3, 0.4) is 0 Å².